The number of hydrogen-bond acceptors (Lipinski definition) is 3. The first-order valence-electron chi connectivity index (χ1n) is 6.47. The summed E-state index contributed by atoms with van der Waals surface area (Å²) < 4.78 is 0. The van der Waals surface area contributed by atoms with Gasteiger partial charge in [-0.2, -0.15) is 0 Å². The molecule has 3 heteroatoms. The van der Waals surface area contributed by atoms with Gasteiger partial charge in [-0.15, -0.1) is 11.3 Å². The van der Waals surface area contributed by atoms with Gasteiger partial charge in [-0.1, -0.05) is 20.3 Å². The third kappa shape index (κ3) is 3.80. The fraction of sp³-hybridized carbons (Fsp3) is 0.714. The summed E-state index contributed by atoms with van der Waals surface area (Å²) >= 11 is 1.83. The van der Waals surface area contributed by atoms with E-state index in [0.29, 0.717) is 6.04 Å². The summed E-state index contributed by atoms with van der Waals surface area (Å²) in [6.45, 7) is 9.95. The monoisotopic (exact) mass is 254 g/mol. The van der Waals surface area contributed by atoms with Crippen molar-refractivity contribution in [3.8, 4) is 0 Å². The van der Waals surface area contributed by atoms with Crippen molar-refractivity contribution < 1.29 is 0 Å². The molecule has 0 bridgehead atoms. The molecule has 0 aromatic carbocycles. The van der Waals surface area contributed by atoms with Gasteiger partial charge in [0, 0.05) is 17.5 Å². The summed E-state index contributed by atoms with van der Waals surface area (Å²) in [6.07, 6.45) is 1.22. The standard InChI is InChI=1S/C14H26N2S/c1-6-10(2)9-16(5)13(12(4)15)14-11(3)7-8-17-14/h7-8,10,12-13H,6,9,15H2,1-5H3. The maximum Gasteiger partial charge on any atom is 0.0591 e. The fourth-order valence-electron chi connectivity index (χ4n) is 2.26. The van der Waals surface area contributed by atoms with E-state index in [4.69, 9.17) is 5.73 Å². The van der Waals surface area contributed by atoms with E-state index in [0.717, 1.165) is 12.5 Å². The van der Waals surface area contributed by atoms with Crippen LogP contribution in [-0.2, 0) is 0 Å². The second kappa shape index (κ2) is 6.53. The topological polar surface area (TPSA) is 29.3 Å². The normalized spacial score (nSPS) is 17.1. The number of nitrogens with two attached hydrogens (primary N) is 1. The second-order valence-corrected chi connectivity index (χ2v) is 6.17. The molecule has 3 unspecified atom stereocenters. The van der Waals surface area contributed by atoms with Crippen molar-refractivity contribution in [1.82, 2.24) is 4.90 Å². The molecule has 0 radical (unpaired) electrons. The Kier molecular flexibility index (Phi) is 5.63. The third-order valence-electron chi connectivity index (χ3n) is 3.44. The van der Waals surface area contributed by atoms with Gasteiger partial charge in [-0.25, -0.2) is 0 Å². The number of aryl methyl sites for hydroxylation is 1. The van der Waals surface area contributed by atoms with E-state index in [9.17, 15) is 0 Å². The highest BCUT2D eigenvalue weighted by Crippen LogP contribution is 2.30. The Hall–Kier alpha value is -0.380. The van der Waals surface area contributed by atoms with Crippen molar-refractivity contribution in [1.29, 1.82) is 0 Å². The molecule has 0 saturated heterocycles. The van der Waals surface area contributed by atoms with E-state index < -0.39 is 0 Å². The van der Waals surface area contributed by atoms with E-state index >= 15 is 0 Å². The Morgan fingerprint density at radius 2 is 2.06 bits per heavy atom. The van der Waals surface area contributed by atoms with Crippen LogP contribution in [0.4, 0.5) is 0 Å². The van der Waals surface area contributed by atoms with Crippen molar-refractivity contribution in [2.45, 2.75) is 46.2 Å². The van der Waals surface area contributed by atoms with Gasteiger partial charge < -0.3 is 5.73 Å². The molecule has 1 aromatic heterocycles. The minimum absolute atomic E-state index is 0.168. The van der Waals surface area contributed by atoms with E-state index in [2.05, 4.69) is 51.1 Å². The lowest BCUT2D eigenvalue weighted by Gasteiger charge is -2.32. The fourth-order valence-corrected chi connectivity index (χ4v) is 3.47. The average molecular weight is 254 g/mol. The number of rotatable bonds is 6. The van der Waals surface area contributed by atoms with Crippen LogP contribution in [0.15, 0.2) is 11.4 Å². The Morgan fingerprint density at radius 3 is 2.47 bits per heavy atom. The van der Waals surface area contributed by atoms with Crippen LogP contribution in [-0.4, -0.2) is 24.5 Å². The SMILES string of the molecule is CCC(C)CN(C)C(c1sccc1C)C(C)N. The largest absolute Gasteiger partial charge is 0.326 e. The number of hydrogen-bond donors (Lipinski definition) is 1. The molecule has 1 aromatic rings. The first-order chi connectivity index (χ1) is 7.97. The van der Waals surface area contributed by atoms with E-state index in [1.807, 2.05) is 11.3 Å². The van der Waals surface area contributed by atoms with Crippen LogP contribution < -0.4 is 5.73 Å². The molecule has 98 valence electrons. The van der Waals surface area contributed by atoms with Gasteiger partial charge in [0.2, 0.25) is 0 Å². The maximum atomic E-state index is 6.18. The van der Waals surface area contributed by atoms with E-state index in [1.54, 1.807) is 0 Å². The zero-order valence-corrected chi connectivity index (χ0v) is 12.6. The lowest BCUT2D eigenvalue weighted by atomic mass is 10.0. The molecule has 0 aliphatic heterocycles. The van der Waals surface area contributed by atoms with Gasteiger partial charge in [0.15, 0.2) is 0 Å². The Bertz CT molecular complexity index is 333. The highest BCUT2D eigenvalue weighted by Gasteiger charge is 2.24. The molecule has 0 amide bonds. The zero-order chi connectivity index (χ0) is 13.0. The molecule has 1 heterocycles. The summed E-state index contributed by atoms with van der Waals surface area (Å²) in [6, 6.07) is 2.71. The molecule has 3 atom stereocenters. The molecule has 0 aliphatic rings. The third-order valence-corrected chi connectivity index (χ3v) is 4.53. The average Bonchev–Trinajstić information content (AvgIpc) is 2.64. The summed E-state index contributed by atoms with van der Waals surface area (Å²) in [5.74, 6) is 0.724. The molecular formula is C14H26N2S. The summed E-state index contributed by atoms with van der Waals surface area (Å²) in [5, 5.41) is 2.16. The van der Waals surface area contributed by atoms with Crippen LogP contribution in [0.25, 0.3) is 0 Å². The van der Waals surface area contributed by atoms with Crippen molar-refractivity contribution in [3.63, 3.8) is 0 Å². The molecule has 1 rings (SSSR count). The molecule has 0 spiro atoms. The molecule has 2 nitrogen and oxygen atoms in total. The van der Waals surface area contributed by atoms with Crippen LogP contribution in [0.1, 0.15) is 43.7 Å². The van der Waals surface area contributed by atoms with Crippen LogP contribution in [0.2, 0.25) is 0 Å². The first kappa shape index (κ1) is 14.7. The molecule has 0 aliphatic carbocycles. The highest BCUT2D eigenvalue weighted by atomic mass is 32.1. The van der Waals surface area contributed by atoms with Crippen molar-refractivity contribution in [2.24, 2.45) is 11.7 Å². The van der Waals surface area contributed by atoms with Crippen LogP contribution >= 0.6 is 11.3 Å². The predicted octanol–water partition coefficient (Wildman–Crippen LogP) is 3.42. The van der Waals surface area contributed by atoms with Crippen molar-refractivity contribution >= 4 is 11.3 Å². The molecule has 0 fully saturated rings. The maximum absolute atomic E-state index is 6.18. The Morgan fingerprint density at radius 1 is 1.41 bits per heavy atom. The zero-order valence-electron chi connectivity index (χ0n) is 11.7. The lowest BCUT2D eigenvalue weighted by molar-refractivity contribution is 0.192. The lowest BCUT2D eigenvalue weighted by Crippen LogP contribution is -2.39. The van der Waals surface area contributed by atoms with Crippen LogP contribution in [0.3, 0.4) is 0 Å². The number of likely N-dealkylation sites (N-methyl/N-ethyl adjacent to an activating group) is 1. The van der Waals surface area contributed by atoms with Crippen molar-refractivity contribution in [3.05, 3.63) is 21.9 Å². The van der Waals surface area contributed by atoms with Gasteiger partial charge in [-0.3, -0.25) is 4.90 Å². The molecule has 0 saturated carbocycles. The second-order valence-electron chi connectivity index (χ2n) is 5.22. The van der Waals surface area contributed by atoms with Gasteiger partial charge in [0.25, 0.3) is 0 Å². The predicted molar refractivity (Wildman–Crippen MR) is 77.5 cm³/mol. The van der Waals surface area contributed by atoms with Gasteiger partial charge in [-0.05, 0) is 43.8 Å². The minimum atomic E-state index is 0.168. The Balaban J connectivity index is 2.83. The molecule has 17 heavy (non-hydrogen) atoms. The Labute approximate surface area is 110 Å². The number of thiophene rings is 1. The summed E-state index contributed by atoms with van der Waals surface area (Å²) in [5.41, 5.74) is 7.55. The van der Waals surface area contributed by atoms with E-state index in [-0.39, 0.29) is 6.04 Å². The molecular weight excluding hydrogens is 228 g/mol. The number of nitrogens with zero attached hydrogens (tertiary/aromatic N) is 1. The summed E-state index contributed by atoms with van der Waals surface area (Å²) in [4.78, 5) is 3.84. The molecule has 2 N–H and O–H groups in total. The van der Waals surface area contributed by atoms with Crippen molar-refractivity contribution in [2.75, 3.05) is 13.6 Å². The highest BCUT2D eigenvalue weighted by molar-refractivity contribution is 7.10. The van der Waals surface area contributed by atoms with Gasteiger partial charge in [0.1, 0.15) is 0 Å². The van der Waals surface area contributed by atoms with E-state index in [1.165, 1.54) is 16.9 Å². The van der Waals surface area contributed by atoms with Crippen LogP contribution in [0, 0.1) is 12.8 Å². The summed E-state index contributed by atoms with van der Waals surface area (Å²) in [7, 11) is 2.19. The van der Waals surface area contributed by atoms with Gasteiger partial charge >= 0.3 is 0 Å². The van der Waals surface area contributed by atoms with Gasteiger partial charge in [0.05, 0.1) is 6.04 Å². The minimum Gasteiger partial charge on any atom is -0.326 e. The first-order valence-corrected chi connectivity index (χ1v) is 7.35. The van der Waals surface area contributed by atoms with Crippen LogP contribution in [0.5, 0.6) is 0 Å². The quantitative estimate of drug-likeness (QED) is 0.843. The smallest absolute Gasteiger partial charge is 0.0591 e.